The number of aliphatic imine (C=N–C) groups is 2. The molecule has 0 fully saturated rings. The lowest BCUT2D eigenvalue weighted by molar-refractivity contribution is 0.429. The first kappa shape index (κ1) is 43.7. The fraction of sp³-hybridized carbons (Fsp3) is 0.0857. The van der Waals surface area contributed by atoms with Gasteiger partial charge in [0, 0.05) is 33.2 Å². The van der Waals surface area contributed by atoms with Gasteiger partial charge in [-0.1, -0.05) is 208 Å². The van der Waals surface area contributed by atoms with Crippen molar-refractivity contribution in [2.24, 2.45) is 15.9 Å². The third kappa shape index (κ3) is 6.21. The zero-order valence-electron chi connectivity index (χ0n) is 41.3. The quantitative estimate of drug-likeness (QED) is 0.116. The number of rotatable bonds is 7. The molecule has 1 atom stereocenters. The minimum atomic E-state index is -0.662. The Morgan fingerprint density at radius 1 is 0.446 bits per heavy atom. The molecule has 11 aromatic rings. The van der Waals surface area contributed by atoms with Crippen LogP contribution in [0.5, 0.6) is 11.5 Å². The van der Waals surface area contributed by atoms with Gasteiger partial charge in [0.15, 0.2) is 5.84 Å². The number of benzene rings is 10. The van der Waals surface area contributed by atoms with Crippen molar-refractivity contribution >= 4 is 39.1 Å². The predicted molar refractivity (Wildman–Crippen MR) is 304 cm³/mol. The first-order chi connectivity index (χ1) is 36.5. The molecule has 4 heteroatoms. The van der Waals surface area contributed by atoms with Gasteiger partial charge in [0.1, 0.15) is 11.5 Å². The van der Waals surface area contributed by atoms with Gasteiger partial charge >= 0.3 is 0 Å². The van der Waals surface area contributed by atoms with E-state index in [1.54, 1.807) is 0 Å². The summed E-state index contributed by atoms with van der Waals surface area (Å²) in [5.41, 5.74) is 19.0. The van der Waals surface area contributed by atoms with E-state index in [1.165, 1.54) is 66.3 Å². The molecule has 10 aromatic carbocycles. The van der Waals surface area contributed by atoms with Gasteiger partial charge in [-0.15, -0.1) is 0 Å². The lowest BCUT2D eigenvalue weighted by Gasteiger charge is -2.51. The maximum atomic E-state index is 6.78. The number of ether oxygens (including phenoxy) is 1. The molecule has 352 valence electrons. The van der Waals surface area contributed by atoms with E-state index in [2.05, 4.69) is 249 Å². The smallest absolute Gasteiger partial charge is 0.160 e. The summed E-state index contributed by atoms with van der Waals surface area (Å²) in [6, 6.07) is 88.1. The highest BCUT2D eigenvalue weighted by Crippen LogP contribution is 2.67. The highest BCUT2D eigenvalue weighted by Gasteiger charge is 2.58. The summed E-state index contributed by atoms with van der Waals surface area (Å²) in [6.45, 7) is 9.07. The van der Waals surface area contributed by atoms with Crippen molar-refractivity contribution < 1.29 is 4.74 Å². The molecule has 1 unspecified atom stereocenters. The van der Waals surface area contributed by atoms with Gasteiger partial charge in [-0.05, 0) is 123 Å². The Balaban J connectivity index is 0.986. The van der Waals surface area contributed by atoms with E-state index in [1.807, 2.05) is 18.2 Å². The van der Waals surface area contributed by atoms with Crippen molar-refractivity contribution in [2.45, 2.75) is 31.1 Å². The fourth-order valence-electron chi connectivity index (χ4n) is 12.9. The van der Waals surface area contributed by atoms with Crippen molar-refractivity contribution in [3.8, 4) is 28.3 Å². The van der Waals surface area contributed by atoms with Gasteiger partial charge in [-0.25, -0.2) is 9.98 Å². The van der Waals surface area contributed by atoms with E-state index < -0.39 is 10.8 Å². The second-order valence-electron chi connectivity index (χ2n) is 20.0. The highest BCUT2D eigenvalue weighted by atomic mass is 16.5. The van der Waals surface area contributed by atoms with Crippen LogP contribution in [-0.4, -0.2) is 16.1 Å². The summed E-state index contributed by atoms with van der Waals surface area (Å²) in [7, 11) is 0. The highest BCUT2D eigenvalue weighted by molar-refractivity contribution is 6.15. The molecule has 74 heavy (non-hydrogen) atoms. The SMILES string of the molecule is C=C(N=C(N=C(c1ccc2c(c1)C1(c3ccccc3-2)c2ccccc2C2(c3ccccc3Oc3ccccc32)c2ccccc21)C(C)CC)c1ccc(-n2c3ccccc3c3ccccc32)cc1)c1ccccc1. The summed E-state index contributed by atoms with van der Waals surface area (Å²) < 4.78 is 9.13. The molecular weight excluding hydrogens is 899 g/mol. The molecule has 0 bridgehead atoms. The standard InChI is InChI=1S/C70H51N3O/c1-4-45(2)67(72-68(71-46(3)47-22-6-5-7-23-47)48-38-41-50(42-39-48)73-63-34-18-9-25-53(63)54-26-10-19-35-64(54)73)49-40-43-52-51-24-8-11-27-55(51)69(62(52)44-49)56-28-12-14-30-58(56)70(59-31-15-13-29-57(59)69)60-32-16-20-36-65(60)74-66-37-21-17-33-61(66)70/h5-45H,3-4H2,1-2H3. The van der Waals surface area contributed by atoms with Crippen LogP contribution < -0.4 is 4.74 Å². The third-order valence-electron chi connectivity index (χ3n) is 16.2. The van der Waals surface area contributed by atoms with E-state index in [0.717, 1.165) is 57.1 Å². The third-order valence-corrected chi connectivity index (χ3v) is 16.2. The zero-order chi connectivity index (χ0) is 49.5. The summed E-state index contributed by atoms with van der Waals surface area (Å²) in [4.78, 5) is 11.1. The number of amidine groups is 1. The van der Waals surface area contributed by atoms with Gasteiger partial charge in [0.05, 0.1) is 33.3 Å². The number of para-hydroxylation sites is 4. The van der Waals surface area contributed by atoms with Crippen LogP contribution in [0.3, 0.4) is 0 Å². The van der Waals surface area contributed by atoms with Crippen molar-refractivity contribution in [3.05, 3.63) is 310 Å². The minimum Gasteiger partial charge on any atom is -0.457 e. The van der Waals surface area contributed by atoms with Crippen LogP contribution in [0.1, 0.15) is 81.5 Å². The van der Waals surface area contributed by atoms with E-state index in [0.29, 0.717) is 11.5 Å². The Morgan fingerprint density at radius 2 is 0.905 bits per heavy atom. The Kier molecular flexibility index (Phi) is 10.0. The molecule has 0 saturated carbocycles. The van der Waals surface area contributed by atoms with Crippen molar-refractivity contribution in [2.75, 3.05) is 0 Å². The van der Waals surface area contributed by atoms with Gasteiger partial charge in [-0.2, -0.15) is 0 Å². The fourth-order valence-corrected chi connectivity index (χ4v) is 12.9. The van der Waals surface area contributed by atoms with Gasteiger partial charge < -0.3 is 9.30 Å². The monoisotopic (exact) mass is 949 g/mol. The van der Waals surface area contributed by atoms with Crippen molar-refractivity contribution in [1.82, 2.24) is 4.57 Å². The second-order valence-corrected chi connectivity index (χ2v) is 20.0. The lowest BCUT2D eigenvalue weighted by atomic mass is 9.51. The summed E-state index contributed by atoms with van der Waals surface area (Å²) in [5, 5.41) is 2.46. The summed E-state index contributed by atoms with van der Waals surface area (Å²) >= 11 is 0. The molecule has 2 heterocycles. The van der Waals surface area contributed by atoms with E-state index in [9.17, 15) is 0 Å². The molecule has 0 radical (unpaired) electrons. The average Bonchev–Trinajstić information content (AvgIpc) is 4.00. The maximum absolute atomic E-state index is 6.78. The molecule has 4 nitrogen and oxygen atoms in total. The largest absolute Gasteiger partial charge is 0.457 e. The normalized spacial score (nSPS) is 14.9. The lowest BCUT2D eigenvalue weighted by Crippen LogP contribution is -2.45. The molecule has 2 spiro atoms. The molecule has 14 rings (SSSR count). The predicted octanol–water partition coefficient (Wildman–Crippen LogP) is 16.9. The van der Waals surface area contributed by atoms with E-state index >= 15 is 0 Å². The zero-order valence-corrected chi connectivity index (χ0v) is 41.3. The van der Waals surface area contributed by atoms with Crippen LogP contribution in [0.4, 0.5) is 0 Å². The van der Waals surface area contributed by atoms with Crippen LogP contribution >= 0.6 is 0 Å². The van der Waals surface area contributed by atoms with Gasteiger partial charge in [-0.3, -0.25) is 0 Å². The summed E-state index contributed by atoms with van der Waals surface area (Å²) in [5.74, 6) is 2.46. The second kappa shape index (κ2) is 17.0. The topological polar surface area (TPSA) is 38.9 Å². The van der Waals surface area contributed by atoms with Crippen LogP contribution in [0, 0.1) is 5.92 Å². The minimum absolute atomic E-state index is 0.0873. The molecule has 0 saturated heterocycles. The van der Waals surface area contributed by atoms with Crippen molar-refractivity contribution in [3.63, 3.8) is 0 Å². The maximum Gasteiger partial charge on any atom is 0.160 e. The molecule has 0 N–H and O–H groups in total. The molecular formula is C70H51N3O. The first-order valence-electron chi connectivity index (χ1n) is 25.8. The number of hydrogen-bond acceptors (Lipinski definition) is 2. The number of fused-ring (bicyclic) bond motifs is 18. The average molecular weight is 950 g/mol. The number of aromatic nitrogens is 1. The molecule has 2 aliphatic carbocycles. The number of hydrogen-bond donors (Lipinski definition) is 0. The van der Waals surface area contributed by atoms with Crippen molar-refractivity contribution in [1.29, 1.82) is 0 Å². The van der Waals surface area contributed by atoms with E-state index in [4.69, 9.17) is 14.7 Å². The van der Waals surface area contributed by atoms with Crippen LogP contribution in [0.25, 0.3) is 44.3 Å². The Hall–Kier alpha value is -9.12. The summed E-state index contributed by atoms with van der Waals surface area (Å²) in [6.07, 6.45) is 0.885. The Morgan fingerprint density at radius 3 is 1.49 bits per heavy atom. The van der Waals surface area contributed by atoms with Crippen LogP contribution in [0.15, 0.2) is 259 Å². The molecule has 3 aliphatic rings. The van der Waals surface area contributed by atoms with E-state index in [-0.39, 0.29) is 5.92 Å². The van der Waals surface area contributed by atoms with Gasteiger partial charge in [0.2, 0.25) is 0 Å². The molecule has 1 aliphatic heterocycles. The van der Waals surface area contributed by atoms with Crippen LogP contribution in [0.2, 0.25) is 0 Å². The molecule has 1 aromatic heterocycles. The van der Waals surface area contributed by atoms with Gasteiger partial charge in [0.25, 0.3) is 0 Å². The Labute approximate surface area is 432 Å². The first-order valence-corrected chi connectivity index (χ1v) is 25.8. The number of nitrogens with zero attached hydrogens (tertiary/aromatic N) is 3. The van der Waals surface area contributed by atoms with Crippen LogP contribution in [-0.2, 0) is 10.8 Å². The molecule has 0 amide bonds. The Bertz CT molecular complexity index is 3990.